The minimum Gasteiger partial charge on any atom is -0.488 e. The van der Waals surface area contributed by atoms with Gasteiger partial charge < -0.3 is 25.0 Å². The van der Waals surface area contributed by atoms with Gasteiger partial charge in [-0.05, 0) is 40.8 Å². The Kier molecular flexibility index (Phi) is 13.5. The average molecular weight is 492 g/mol. The summed E-state index contributed by atoms with van der Waals surface area (Å²) in [5, 5.41) is 6.67. The van der Waals surface area contributed by atoms with Gasteiger partial charge in [0.1, 0.15) is 11.4 Å². The van der Waals surface area contributed by atoms with E-state index in [1.54, 1.807) is 7.11 Å². The zero-order valence-electron chi connectivity index (χ0n) is 17.7. The molecular weight excluding hydrogens is 455 g/mol. The maximum Gasteiger partial charge on any atom is 0.191 e. The van der Waals surface area contributed by atoms with E-state index in [1.165, 1.54) is 0 Å². The molecular formula is C20H37IN4O2. The van der Waals surface area contributed by atoms with Crippen LogP contribution in [0.25, 0.3) is 0 Å². The van der Waals surface area contributed by atoms with Crippen LogP contribution in [0.2, 0.25) is 0 Å². The number of hydrogen-bond donors (Lipinski definition) is 2. The minimum atomic E-state index is -0.227. The molecule has 0 bridgehead atoms. The monoisotopic (exact) mass is 492 g/mol. The molecule has 0 amide bonds. The quantitative estimate of drug-likeness (QED) is 0.299. The number of nitrogens with one attached hydrogen (secondary N) is 2. The summed E-state index contributed by atoms with van der Waals surface area (Å²) in [7, 11) is 3.81. The highest BCUT2D eigenvalue weighted by atomic mass is 127. The molecule has 7 heteroatoms. The van der Waals surface area contributed by atoms with Crippen molar-refractivity contribution in [1.29, 1.82) is 0 Å². The van der Waals surface area contributed by atoms with Crippen LogP contribution in [0.4, 0.5) is 0 Å². The van der Waals surface area contributed by atoms with Gasteiger partial charge in [-0.3, -0.25) is 0 Å². The van der Waals surface area contributed by atoms with Crippen LogP contribution in [-0.4, -0.2) is 63.4 Å². The number of aliphatic imine (C=N–C) groups is 1. The van der Waals surface area contributed by atoms with Gasteiger partial charge in [-0.25, -0.2) is 4.99 Å². The Bertz CT molecular complexity index is 547. The Labute approximate surface area is 182 Å². The number of rotatable bonds is 10. The molecule has 1 aromatic rings. The lowest BCUT2D eigenvalue weighted by molar-refractivity contribution is 0.129. The fourth-order valence-electron chi connectivity index (χ4n) is 2.29. The highest BCUT2D eigenvalue weighted by Gasteiger charge is 2.14. The Hall–Kier alpha value is -1.06. The van der Waals surface area contributed by atoms with Gasteiger partial charge in [-0.15, -0.1) is 24.0 Å². The summed E-state index contributed by atoms with van der Waals surface area (Å²) < 4.78 is 11.1. The van der Waals surface area contributed by atoms with Crippen molar-refractivity contribution in [2.24, 2.45) is 4.99 Å². The van der Waals surface area contributed by atoms with Gasteiger partial charge in [0.05, 0.1) is 13.2 Å². The molecule has 1 aromatic carbocycles. The van der Waals surface area contributed by atoms with Crippen LogP contribution >= 0.6 is 24.0 Å². The average Bonchev–Trinajstić information content (AvgIpc) is 2.57. The van der Waals surface area contributed by atoms with Gasteiger partial charge >= 0.3 is 0 Å². The van der Waals surface area contributed by atoms with Crippen LogP contribution in [0.5, 0.6) is 5.75 Å². The summed E-state index contributed by atoms with van der Waals surface area (Å²) in [6.07, 6.45) is 0. The van der Waals surface area contributed by atoms with Crippen molar-refractivity contribution in [2.75, 3.05) is 46.9 Å². The molecule has 1 rings (SSSR count). The molecule has 0 aromatic heterocycles. The first-order chi connectivity index (χ1) is 12.4. The number of methoxy groups -OCH3 is 1. The molecule has 0 saturated heterocycles. The molecule has 0 aliphatic carbocycles. The van der Waals surface area contributed by atoms with E-state index >= 15 is 0 Å². The van der Waals surface area contributed by atoms with Gasteiger partial charge in [-0.1, -0.05) is 18.2 Å². The maximum atomic E-state index is 6.05. The zero-order chi connectivity index (χ0) is 19.4. The van der Waals surface area contributed by atoms with E-state index in [4.69, 9.17) is 14.5 Å². The summed E-state index contributed by atoms with van der Waals surface area (Å²) in [6, 6.07) is 8.08. The van der Waals surface area contributed by atoms with E-state index in [0.717, 1.165) is 50.1 Å². The van der Waals surface area contributed by atoms with Crippen molar-refractivity contribution in [3.8, 4) is 5.75 Å². The topological polar surface area (TPSA) is 58.1 Å². The second-order valence-corrected chi connectivity index (χ2v) is 7.24. The molecule has 0 spiro atoms. The second kappa shape index (κ2) is 14.0. The number of guanidine groups is 1. The smallest absolute Gasteiger partial charge is 0.191 e. The number of para-hydroxylation sites is 1. The molecule has 0 aliphatic heterocycles. The predicted octanol–water partition coefficient (Wildman–Crippen LogP) is 3.12. The van der Waals surface area contributed by atoms with Crippen molar-refractivity contribution in [3.05, 3.63) is 29.8 Å². The third-order valence-electron chi connectivity index (χ3n) is 3.60. The Morgan fingerprint density at radius 2 is 1.85 bits per heavy atom. The highest BCUT2D eigenvalue weighted by molar-refractivity contribution is 14.0. The molecule has 6 nitrogen and oxygen atoms in total. The van der Waals surface area contributed by atoms with Crippen LogP contribution in [0.15, 0.2) is 29.3 Å². The fraction of sp³-hybridized carbons (Fsp3) is 0.650. The SMILES string of the molecule is CCNC(=NCc1ccccc1OC(C)(C)C)NCCN(C)CCOC.I. The lowest BCUT2D eigenvalue weighted by Gasteiger charge is -2.23. The van der Waals surface area contributed by atoms with Crippen molar-refractivity contribution >= 4 is 29.9 Å². The summed E-state index contributed by atoms with van der Waals surface area (Å²) in [4.78, 5) is 6.93. The minimum absolute atomic E-state index is 0. The standard InChI is InChI=1S/C20H36N4O2.HI/c1-7-21-19(22-12-13-24(5)14-15-25-6)23-16-17-10-8-9-11-18(17)26-20(2,3)4;/h8-11H,7,12-16H2,1-6H3,(H2,21,22,23);1H. The molecule has 156 valence electrons. The molecule has 0 unspecified atom stereocenters. The number of halogens is 1. The van der Waals surface area contributed by atoms with Crippen molar-refractivity contribution in [3.63, 3.8) is 0 Å². The number of ether oxygens (including phenoxy) is 2. The number of nitrogens with zero attached hydrogens (tertiary/aromatic N) is 2. The summed E-state index contributed by atoms with van der Waals surface area (Å²) in [6.45, 7) is 13.0. The molecule has 0 radical (unpaired) electrons. The first-order valence-corrected chi connectivity index (χ1v) is 9.32. The summed E-state index contributed by atoms with van der Waals surface area (Å²) in [5.74, 6) is 1.71. The van der Waals surface area contributed by atoms with Gasteiger partial charge in [0.15, 0.2) is 5.96 Å². The molecule has 0 aliphatic rings. The molecule has 2 N–H and O–H groups in total. The highest BCUT2D eigenvalue weighted by Crippen LogP contribution is 2.23. The third kappa shape index (κ3) is 12.1. The van der Waals surface area contributed by atoms with E-state index in [9.17, 15) is 0 Å². The largest absolute Gasteiger partial charge is 0.488 e. The molecule has 0 heterocycles. The van der Waals surface area contributed by atoms with Crippen LogP contribution in [-0.2, 0) is 11.3 Å². The first-order valence-electron chi connectivity index (χ1n) is 9.32. The fourth-order valence-corrected chi connectivity index (χ4v) is 2.29. The lowest BCUT2D eigenvalue weighted by atomic mass is 10.1. The number of benzene rings is 1. The Balaban J connectivity index is 0.00000676. The van der Waals surface area contributed by atoms with Crippen molar-refractivity contribution in [1.82, 2.24) is 15.5 Å². The third-order valence-corrected chi connectivity index (χ3v) is 3.60. The van der Waals surface area contributed by atoms with Gasteiger partial charge in [0, 0.05) is 38.9 Å². The maximum absolute atomic E-state index is 6.05. The van der Waals surface area contributed by atoms with Crippen molar-refractivity contribution < 1.29 is 9.47 Å². The number of likely N-dealkylation sites (N-methyl/N-ethyl adjacent to an activating group) is 1. The van der Waals surface area contributed by atoms with Gasteiger partial charge in [0.25, 0.3) is 0 Å². The van der Waals surface area contributed by atoms with Crippen LogP contribution < -0.4 is 15.4 Å². The molecule has 0 atom stereocenters. The molecule has 0 saturated carbocycles. The second-order valence-electron chi connectivity index (χ2n) is 7.24. The van der Waals surface area contributed by atoms with E-state index in [0.29, 0.717) is 6.54 Å². The Morgan fingerprint density at radius 1 is 1.15 bits per heavy atom. The summed E-state index contributed by atoms with van der Waals surface area (Å²) >= 11 is 0. The molecule has 0 fully saturated rings. The van der Waals surface area contributed by atoms with E-state index < -0.39 is 0 Å². The van der Waals surface area contributed by atoms with Crippen molar-refractivity contribution in [2.45, 2.75) is 39.8 Å². The first kappa shape index (κ1) is 25.9. The van der Waals surface area contributed by atoms with Gasteiger partial charge in [-0.2, -0.15) is 0 Å². The summed E-state index contributed by atoms with van der Waals surface area (Å²) in [5.41, 5.74) is 0.854. The predicted molar refractivity (Wildman–Crippen MR) is 124 cm³/mol. The van der Waals surface area contributed by atoms with E-state index in [2.05, 4.69) is 56.3 Å². The molecule has 27 heavy (non-hydrogen) atoms. The normalized spacial score (nSPS) is 11.9. The van der Waals surface area contributed by atoms with Crippen LogP contribution in [0, 0.1) is 0 Å². The zero-order valence-corrected chi connectivity index (χ0v) is 20.0. The number of hydrogen-bond acceptors (Lipinski definition) is 4. The Morgan fingerprint density at radius 3 is 2.48 bits per heavy atom. The lowest BCUT2D eigenvalue weighted by Crippen LogP contribution is -2.41. The van der Waals surface area contributed by atoms with E-state index in [1.807, 2.05) is 18.2 Å². The van der Waals surface area contributed by atoms with E-state index in [-0.39, 0.29) is 29.6 Å². The van der Waals surface area contributed by atoms with Gasteiger partial charge in [0.2, 0.25) is 0 Å². The van der Waals surface area contributed by atoms with Crippen LogP contribution in [0.3, 0.4) is 0 Å². The van der Waals surface area contributed by atoms with Crippen LogP contribution in [0.1, 0.15) is 33.3 Å².